The molecule has 0 saturated carbocycles. The van der Waals surface area contributed by atoms with Gasteiger partial charge in [0.1, 0.15) is 0 Å². The van der Waals surface area contributed by atoms with Gasteiger partial charge >= 0.3 is 0 Å². The van der Waals surface area contributed by atoms with E-state index in [9.17, 15) is 0 Å². The number of para-hydroxylation sites is 1. The summed E-state index contributed by atoms with van der Waals surface area (Å²) < 4.78 is 1.92. The Morgan fingerprint density at radius 2 is 1.93 bits per heavy atom. The van der Waals surface area contributed by atoms with Crippen molar-refractivity contribution >= 4 is 11.8 Å². The molecule has 0 N–H and O–H groups in total. The zero-order valence-electron chi connectivity index (χ0n) is 8.27. The Morgan fingerprint density at radius 1 is 1.21 bits per heavy atom. The number of rotatable bonds is 2. The van der Waals surface area contributed by atoms with Crippen LogP contribution in [0.4, 0.5) is 0 Å². The molecule has 0 saturated heterocycles. The Bertz CT molecular complexity index is 420. The predicted molar refractivity (Wildman–Crippen MR) is 60.1 cm³/mol. The van der Waals surface area contributed by atoms with Gasteiger partial charge in [-0.15, -0.1) is 11.8 Å². The van der Waals surface area contributed by atoms with Crippen molar-refractivity contribution in [3.05, 3.63) is 42.2 Å². The summed E-state index contributed by atoms with van der Waals surface area (Å²) in [6.45, 7) is 2.03. The summed E-state index contributed by atoms with van der Waals surface area (Å²) in [5.74, 6) is 0. The average Bonchev–Trinajstić information content (AvgIpc) is 2.61. The quantitative estimate of drug-likeness (QED) is 0.700. The fourth-order valence-corrected chi connectivity index (χ4v) is 1.90. The second kappa shape index (κ2) is 3.88. The first-order valence-corrected chi connectivity index (χ1v) is 5.69. The van der Waals surface area contributed by atoms with Crippen LogP contribution < -0.4 is 0 Å². The lowest BCUT2D eigenvalue weighted by Gasteiger charge is -1.98. The lowest BCUT2D eigenvalue weighted by atomic mass is 10.3. The van der Waals surface area contributed by atoms with Gasteiger partial charge in [-0.3, -0.25) is 0 Å². The summed E-state index contributed by atoms with van der Waals surface area (Å²) in [5, 5.41) is 4.45. The molecule has 2 aromatic rings. The van der Waals surface area contributed by atoms with Crippen LogP contribution >= 0.6 is 11.8 Å². The van der Waals surface area contributed by atoms with Crippen LogP contribution in [-0.2, 0) is 0 Å². The first-order chi connectivity index (χ1) is 6.81. The molecule has 1 heterocycles. The van der Waals surface area contributed by atoms with Gasteiger partial charge in [-0.25, -0.2) is 4.68 Å². The van der Waals surface area contributed by atoms with Crippen molar-refractivity contribution in [1.82, 2.24) is 9.78 Å². The maximum Gasteiger partial charge on any atom is 0.0733 e. The average molecular weight is 204 g/mol. The SMILES string of the molecule is CSc1cn(-c2ccccc2)nc1C. The third-order valence-electron chi connectivity index (χ3n) is 2.09. The molecule has 0 aliphatic rings. The Hall–Kier alpha value is -1.22. The molecule has 72 valence electrons. The molecule has 2 rings (SSSR count). The molecule has 3 heteroatoms. The highest BCUT2D eigenvalue weighted by Gasteiger charge is 2.03. The van der Waals surface area contributed by atoms with E-state index in [0.29, 0.717) is 0 Å². The van der Waals surface area contributed by atoms with Gasteiger partial charge < -0.3 is 0 Å². The van der Waals surface area contributed by atoms with Crippen molar-refractivity contribution in [1.29, 1.82) is 0 Å². The second-order valence-electron chi connectivity index (χ2n) is 3.06. The maximum atomic E-state index is 4.45. The zero-order chi connectivity index (χ0) is 9.97. The van der Waals surface area contributed by atoms with E-state index in [1.54, 1.807) is 11.8 Å². The summed E-state index contributed by atoms with van der Waals surface area (Å²) in [6, 6.07) is 10.2. The van der Waals surface area contributed by atoms with E-state index in [0.717, 1.165) is 11.4 Å². The van der Waals surface area contributed by atoms with Gasteiger partial charge in [-0.1, -0.05) is 18.2 Å². The fourth-order valence-electron chi connectivity index (χ4n) is 1.36. The number of benzene rings is 1. The van der Waals surface area contributed by atoms with Gasteiger partial charge in [-0.2, -0.15) is 5.10 Å². The summed E-state index contributed by atoms with van der Waals surface area (Å²) in [4.78, 5) is 1.23. The Morgan fingerprint density at radius 3 is 2.50 bits per heavy atom. The molecule has 0 unspecified atom stereocenters. The van der Waals surface area contributed by atoms with Crippen molar-refractivity contribution in [2.75, 3.05) is 6.26 Å². The van der Waals surface area contributed by atoms with Crippen LogP contribution in [0, 0.1) is 6.92 Å². The lowest BCUT2D eigenvalue weighted by molar-refractivity contribution is 0.863. The molecule has 2 nitrogen and oxygen atoms in total. The molecule has 0 spiro atoms. The van der Waals surface area contributed by atoms with E-state index in [1.165, 1.54) is 4.90 Å². The minimum absolute atomic E-state index is 1.08. The maximum absolute atomic E-state index is 4.45. The summed E-state index contributed by atoms with van der Waals surface area (Å²) in [6.07, 6.45) is 4.13. The number of aryl methyl sites for hydroxylation is 1. The fraction of sp³-hybridized carbons (Fsp3) is 0.182. The van der Waals surface area contributed by atoms with E-state index in [4.69, 9.17) is 0 Å². The molecule has 0 bridgehead atoms. The first-order valence-electron chi connectivity index (χ1n) is 4.47. The van der Waals surface area contributed by atoms with Crippen molar-refractivity contribution < 1.29 is 0 Å². The topological polar surface area (TPSA) is 17.8 Å². The van der Waals surface area contributed by atoms with Crippen molar-refractivity contribution in [2.24, 2.45) is 0 Å². The van der Waals surface area contributed by atoms with Gasteiger partial charge in [-0.05, 0) is 25.3 Å². The van der Waals surface area contributed by atoms with Crippen LogP contribution in [0.5, 0.6) is 0 Å². The molecule has 1 aromatic heterocycles. The van der Waals surface area contributed by atoms with E-state index in [-0.39, 0.29) is 0 Å². The van der Waals surface area contributed by atoms with Gasteiger partial charge in [0.05, 0.1) is 11.4 Å². The van der Waals surface area contributed by atoms with Gasteiger partial charge in [0.25, 0.3) is 0 Å². The third kappa shape index (κ3) is 1.68. The van der Waals surface area contributed by atoms with Gasteiger partial charge in [0.15, 0.2) is 0 Å². The molecular formula is C11H12N2S. The van der Waals surface area contributed by atoms with Gasteiger partial charge in [0.2, 0.25) is 0 Å². The van der Waals surface area contributed by atoms with Crippen LogP contribution in [0.3, 0.4) is 0 Å². The van der Waals surface area contributed by atoms with Crippen molar-refractivity contribution in [2.45, 2.75) is 11.8 Å². The third-order valence-corrected chi connectivity index (χ3v) is 2.94. The predicted octanol–water partition coefficient (Wildman–Crippen LogP) is 2.90. The smallest absolute Gasteiger partial charge is 0.0733 e. The van der Waals surface area contributed by atoms with E-state index in [1.807, 2.05) is 29.8 Å². The summed E-state index contributed by atoms with van der Waals surface area (Å²) in [7, 11) is 0. The number of hydrogen-bond acceptors (Lipinski definition) is 2. The van der Waals surface area contributed by atoms with Crippen LogP contribution in [0.15, 0.2) is 41.4 Å². The summed E-state index contributed by atoms with van der Waals surface area (Å²) in [5.41, 5.74) is 2.19. The highest BCUT2D eigenvalue weighted by atomic mass is 32.2. The number of aromatic nitrogens is 2. The lowest BCUT2D eigenvalue weighted by Crippen LogP contribution is -1.93. The number of thioether (sulfide) groups is 1. The standard InChI is InChI=1S/C11H12N2S/c1-9-11(14-2)8-13(12-9)10-6-4-3-5-7-10/h3-8H,1-2H3. The Kier molecular flexibility index (Phi) is 2.59. The number of hydrogen-bond donors (Lipinski definition) is 0. The van der Waals surface area contributed by atoms with Crippen molar-refractivity contribution in [3.63, 3.8) is 0 Å². The molecule has 0 fully saturated rings. The highest BCUT2D eigenvalue weighted by molar-refractivity contribution is 7.98. The Balaban J connectivity index is 2.43. The number of nitrogens with zero attached hydrogens (tertiary/aromatic N) is 2. The van der Waals surface area contributed by atoms with Crippen LogP contribution in [-0.4, -0.2) is 16.0 Å². The van der Waals surface area contributed by atoms with Crippen LogP contribution in [0.2, 0.25) is 0 Å². The van der Waals surface area contributed by atoms with Gasteiger partial charge in [0, 0.05) is 11.1 Å². The van der Waals surface area contributed by atoms with E-state index >= 15 is 0 Å². The Labute approximate surface area is 87.9 Å². The molecule has 0 amide bonds. The van der Waals surface area contributed by atoms with Crippen LogP contribution in [0.25, 0.3) is 5.69 Å². The summed E-state index contributed by atoms with van der Waals surface area (Å²) >= 11 is 1.73. The zero-order valence-corrected chi connectivity index (χ0v) is 9.08. The monoisotopic (exact) mass is 204 g/mol. The minimum Gasteiger partial charge on any atom is -0.240 e. The molecule has 0 atom stereocenters. The molecule has 0 radical (unpaired) electrons. The van der Waals surface area contributed by atoms with Crippen molar-refractivity contribution in [3.8, 4) is 5.69 Å². The highest BCUT2D eigenvalue weighted by Crippen LogP contribution is 2.19. The molecule has 14 heavy (non-hydrogen) atoms. The molecular weight excluding hydrogens is 192 g/mol. The second-order valence-corrected chi connectivity index (χ2v) is 3.91. The van der Waals surface area contributed by atoms with E-state index < -0.39 is 0 Å². The first kappa shape index (κ1) is 9.34. The van der Waals surface area contributed by atoms with E-state index in [2.05, 4.69) is 29.7 Å². The van der Waals surface area contributed by atoms with Crippen LogP contribution in [0.1, 0.15) is 5.69 Å². The molecule has 0 aliphatic heterocycles. The largest absolute Gasteiger partial charge is 0.240 e. The molecule has 1 aromatic carbocycles. The molecule has 0 aliphatic carbocycles. The minimum atomic E-state index is 1.08. The normalized spacial score (nSPS) is 10.4.